The molecule has 1 aliphatic heterocycles. The fraction of sp³-hybridized carbons (Fsp3) is 0.778. The molecule has 1 aliphatic rings. The summed E-state index contributed by atoms with van der Waals surface area (Å²) in [6.45, 7) is 5.12. The van der Waals surface area contributed by atoms with Crippen molar-refractivity contribution in [3.63, 3.8) is 0 Å². The van der Waals surface area contributed by atoms with Gasteiger partial charge in [-0.25, -0.2) is 9.69 Å². The Morgan fingerprint density at radius 3 is 2.50 bits per heavy atom. The Morgan fingerprint density at radius 2 is 2.14 bits per heavy atom. The van der Waals surface area contributed by atoms with Gasteiger partial charge in [-0.15, -0.1) is 0 Å². The van der Waals surface area contributed by atoms with Gasteiger partial charge in [-0.05, 0) is 20.8 Å². The topological polar surface area (TPSA) is 66.8 Å². The molecule has 1 rings (SSSR count). The average Bonchev–Trinajstić information content (AvgIpc) is 2.27. The zero-order valence-corrected chi connectivity index (χ0v) is 8.61. The summed E-state index contributed by atoms with van der Waals surface area (Å²) < 4.78 is 4.97. The van der Waals surface area contributed by atoms with Crippen LogP contribution in [-0.2, 0) is 9.53 Å². The first kappa shape index (κ1) is 11.0. The molecule has 1 fully saturated rings. The van der Waals surface area contributed by atoms with Crippen LogP contribution in [0.1, 0.15) is 33.6 Å². The minimum atomic E-state index is -1.03. The summed E-state index contributed by atoms with van der Waals surface area (Å²) in [4.78, 5) is 23.4. The molecule has 1 N–H and O–H groups in total. The summed E-state index contributed by atoms with van der Waals surface area (Å²) in [6.07, 6.45) is -1.32. The van der Waals surface area contributed by atoms with Crippen molar-refractivity contribution in [1.82, 2.24) is 4.90 Å². The summed E-state index contributed by atoms with van der Waals surface area (Å²) in [7, 11) is 0. The predicted octanol–water partition coefficient (Wildman–Crippen LogP) is 0.862. The summed E-state index contributed by atoms with van der Waals surface area (Å²) in [5.41, 5.74) is -0.653. The van der Waals surface area contributed by atoms with E-state index in [0.29, 0.717) is 0 Å². The van der Waals surface area contributed by atoms with Crippen LogP contribution in [0, 0.1) is 0 Å². The molecule has 0 aromatic rings. The zero-order valence-electron chi connectivity index (χ0n) is 8.61. The van der Waals surface area contributed by atoms with E-state index in [2.05, 4.69) is 0 Å². The van der Waals surface area contributed by atoms with Gasteiger partial charge in [0.1, 0.15) is 11.8 Å². The summed E-state index contributed by atoms with van der Waals surface area (Å²) >= 11 is 0. The second kappa shape index (κ2) is 3.57. The SMILES string of the molecule is CC(C)(C)OC(=O)N1C(=O)CC[C@@H]1O. The third-order valence-electron chi connectivity index (χ3n) is 1.77. The second-order valence-corrected chi connectivity index (χ2v) is 4.26. The van der Waals surface area contributed by atoms with E-state index in [9.17, 15) is 14.7 Å². The van der Waals surface area contributed by atoms with Crippen molar-refractivity contribution in [2.75, 3.05) is 0 Å². The average molecular weight is 201 g/mol. The highest BCUT2D eigenvalue weighted by Crippen LogP contribution is 2.19. The number of likely N-dealkylation sites (tertiary alicyclic amines) is 1. The van der Waals surface area contributed by atoms with Gasteiger partial charge in [-0.3, -0.25) is 4.79 Å². The Morgan fingerprint density at radius 1 is 1.57 bits per heavy atom. The quantitative estimate of drug-likeness (QED) is 0.631. The third-order valence-corrected chi connectivity index (χ3v) is 1.77. The van der Waals surface area contributed by atoms with Gasteiger partial charge in [0.05, 0.1) is 0 Å². The van der Waals surface area contributed by atoms with E-state index < -0.39 is 17.9 Å². The van der Waals surface area contributed by atoms with Crippen molar-refractivity contribution in [2.24, 2.45) is 0 Å². The van der Waals surface area contributed by atoms with E-state index in [0.717, 1.165) is 4.90 Å². The molecule has 0 spiro atoms. The van der Waals surface area contributed by atoms with Crippen LogP contribution in [0.2, 0.25) is 0 Å². The molecular formula is C9H15NO4. The predicted molar refractivity (Wildman–Crippen MR) is 48.3 cm³/mol. The molecular weight excluding hydrogens is 186 g/mol. The highest BCUT2D eigenvalue weighted by molar-refractivity contribution is 5.93. The van der Waals surface area contributed by atoms with Gasteiger partial charge < -0.3 is 9.84 Å². The number of carbonyl (C=O) groups excluding carboxylic acids is 2. The van der Waals surface area contributed by atoms with E-state index in [1.165, 1.54) is 0 Å². The lowest BCUT2D eigenvalue weighted by molar-refractivity contribution is -0.131. The molecule has 0 aromatic heterocycles. The summed E-state index contributed by atoms with van der Waals surface area (Å²) in [6, 6.07) is 0. The minimum Gasteiger partial charge on any atom is -0.443 e. The molecule has 1 atom stereocenters. The molecule has 1 saturated heterocycles. The smallest absolute Gasteiger partial charge is 0.419 e. The van der Waals surface area contributed by atoms with Crippen LogP contribution >= 0.6 is 0 Å². The van der Waals surface area contributed by atoms with Crippen molar-refractivity contribution in [1.29, 1.82) is 0 Å². The number of ether oxygens (including phenoxy) is 1. The summed E-state index contributed by atoms with van der Waals surface area (Å²) in [5.74, 6) is -0.383. The maximum Gasteiger partial charge on any atom is 0.419 e. The van der Waals surface area contributed by atoms with Crippen molar-refractivity contribution in [3.05, 3.63) is 0 Å². The Hall–Kier alpha value is -1.10. The Labute approximate surface area is 82.6 Å². The van der Waals surface area contributed by atoms with Crippen molar-refractivity contribution < 1.29 is 19.4 Å². The van der Waals surface area contributed by atoms with Gasteiger partial charge in [-0.1, -0.05) is 0 Å². The van der Waals surface area contributed by atoms with Crippen LogP contribution in [0.15, 0.2) is 0 Å². The Bertz CT molecular complexity index is 256. The number of imide groups is 1. The molecule has 5 heteroatoms. The van der Waals surface area contributed by atoms with Crippen LogP contribution in [-0.4, -0.2) is 33.8 Å². The number of hydrogen-bond acceptors (Lipinski definition) is 4. The fourth-order valence-electron chi connectivity index (χ4n) is 1.20. The monoisotopic (exact) mass is 201 g/mol. The number of aliphatic hydroxyl groups is 1. The Balaban J connectivity index is 2.65. The van der Waals surface area contributed by atoms with Gasteiger partial charge in [0.2, 0.25) is 5.91 Å². The number of hydrogen-bond donors (Lipinski definition) is 1. The molecule has 80 valence electrons. The first-order chi connectivity index (χ1) is 6.31. The normalized spacial score (nSPS) is 22.7. The maximum absolute atomic E-state index is 11.4. The standard InChI is InChI=1S/C9H15NO4/c1-9(2,3)14-8(13)10-6(11)4-5-7(10)12/h6,11H,4-5H2,1-3H3/t6-/m0/s1. The number of nitrogens with zero attached hydrogens (tertiary/aromatic N) is 1. The number of rotatable bonds is 0. The molecule has 14 heavy (non-hydrogen) atoms. The molecule has 5 nitrogen and oxygen atoms in total. The molecule has 0 bridgehead atoms. The van der Waals surface area contributed by atoms with E-state index in [1.54, 1.807) is 20.8 Å². The van der Waals surface area contributed by atoms with Gasteiger partial charge in [0.15, 0.2) is 0 Å². The van der Waals surface area contributed by atoms with Gasteiger partial charge in [-0.2, -0.15) is 0 Å². The van der Waals surface area contributed by atoms with Crippen LogP contribution in [0.3, 0.4) is 0 Å². The van der Waals surface area contributed by atoms with Crippen LogP contribution < -0.4 is 0 Å². The van der Waals surface area contributed by atoms with E-state index in [1.807, 2.05) is 0 Å². The molecule has 0 aliphatic carbocycles. The van der Waals surface area contributed by atoms with Crippen molar-refractivity contribution in [2.45, 2.75) is 45.4 Å². The van der Waals surface area contributed by atoms with Gasteiger partial charge in [0.25, 0.3) is 0 Å². The highest BCUT2D eigenvalue weighted by atomic mass is 16.6. The van der Waals surface area contributed by atoms with Gasteiger partial charge >= 0.3 is 6.09 Å². The molecule has 0 saturated carbocycles. The third kappa shape index (κ3) is 2.45. The van der Waals surface area contributed by atoms with E-state index in [4.69, 9.17) is 4.74 Å². The van der Waals surface area contributed by atoms with E-state index >= 15 is 0 Å². The molecule has 1 heterocycles. The molecule has 0 unspecified atom stereocenters. The lowest BCUT2D eigenvalue weighted by Gasteiger charge is -2.24. The lowest BCUT2D eigenvalue weighted by atomic mass is 10.2. The first-order valence-corrected chi connectivity index (χ1v) is 4.54. The number of amides is 2. The first-order valence-electron chi connectivity index (χ1n) is 4.54. The molecule has 0 aromatic carbocycles. The largest absolute Gasteiger partial charge is 0.443 e. The van der Waals surface area contributed by atoms with E-state index in [-0.39, 0.29) is 18.7 Å². The van der Waals surface area contributed by atoms with Gasteiger partial charge in [0, 0.05) is 12.8 Å². The van der Waals surface area contributed by atoms with Crippen LogP contribution in [0.4, 0.5) is 4.79 Å². The van der Waals surface area contributed by atoms with Crippen molar-refractivity contribution in [3.8, 4) is 0 Å². The fourth-order valence-corrected chi connectivity index (χ4v) is 1.20. The molecule has 2 amide bonds. The lowest BCUT2D eigenvalue weighted by Crippen LogP contribution is -2.42. The Kier molecular flexibility index (Phi) is 2.80. The zero-order chi connectivity index (χ0) is 10.9. The van der Waals surface area contributed by atoms with Crippen molar-refractivity contribution >= 4 is 12.0 Å². The number of aliphatic hydroxyl groups excluding tert-OH is 1. The minimum absolute atomic E-state index is 0.195. The van der Waals surface area contributed by atoms with Crippen LogP contribution in [0.5, 0.6) is 0 Å². The number of carbonyl (C=O) groups is 2. The molecule has 0 radical (unpaired) electrons. The summed E-state index contributed by atoms with van der Waals surface area (Å²) in [5, 5.41) is 9.33. The maximum atomic E-state index is 11.4. The van der Waals surface area contributed by atoms with Crippen LogP contribution in [0.25, 0.3) is 0 Å². The highest BCUT2D eigenvalue weighted by Gasteiger charge is 2.37. The second-order valence-electron chi connectivity index (χ2n) is 4.26.